The van der Waals surface area contributed by atoms with Gasteiger partial charge in [-0.25, -0.2) is 4.79 Å². The standard InChI is InChI=1S/C15H22N2O2S/c1-11(10-20-2)16-15(19)17-8-7-12-5-3-4-6-13(12)14(17)9-18/h3-6,11,14,18H,7-10H2,1-2H3,(H,16,19)/t11-,14-/m1/s1. The fourth-order valence-electron chi connectivity index (χ4n) is 2.68. The summed E-state index contributed by atoms with van der Waals surface area (Å²) in [5.74, 6) is 0.889. The van der Waals surface area contributed by atoms with Gasteiger partial charge in [0.15, 0.2) is 0 Å². The Balaban J connectivity index is 2.11. The number of aliphatic hydroxyl groups is 1. The van der Waals surface area contributed by atoms with Gasteiger partial charge < -0.3 is 15.3 Å². The number of thioether (sulfide) groups is 1. The lowest BCUT2D eigenvalue weighted by Gasteiger charge is -2.37. The van der Waals surface area contributed by atoms with Gasteiger partial charge >= 0.3 is 6.03 Å². The van der Waals surface area contributed by atoms with E-state index in [0.29, 0.717) is 6.54 Å². The number of carbonyl (C=O) groups excluding carboxylic acids is 1. The molecule has 110 valence electrons. The molecule has 1 aromatic carbocycles. The Kier molecular flexibility index (Phi) is 5.31. The lowest BCUT2D eigenvalue weighted by Crippen LogP contribution is -2.49. The highest BCUT2D eigenvalue weighted by atomic mass is 32.2. The van der Waals surface area contributed by atoms with Crippen molar-refractivity contribution >= 4 is 17.8 Å². The van der Waals surface area contributed by atoms with Crippen molar-refractivity contribution in [2.24, 2.45) is 0 Å². The Morgan fingerprint density at radius 1 is 1.55 bits per heavy atom. The van der Waals surface area contributed by atoms with Gasteiger partial charge in [-0.05, 0) is 30.7 Å². The molecule has 0 spiro atoms. The molecule has 4 nitrogen and oxygen atoms in total. The van der Waals surface area contributed by atoms with E-state index in [4.69, 9.17) is 0 Å². The van der Waals surface area contributed by atoms with Gasteiger partial charge in [-0.2, -0.15) is 11.8 Å². The largest absolute Gasteiger partial charge is 0.394 e. The minimum atomic E-state index is -0.235. The molecule has 1 aliphatic rings. The van der Waals surface area contributed by atoms with E-state index >= 15 is 0 Å². The fourth-order valence-corrected chi connectivity index (χ4v) is 3.26. The van der Waals surface area contributed by atoms with Gasteiger partial charge in [-0.15, -0.1) is 0 Å². The summed E-state index contributed by atoms with van der Waals surface area (Å²) in [6.45, 7) is 2.61. The number of rotatable bonds is 4. The van der Waals surface area contributed by atoms with Crippen LogP contribution in [0.15, 0.2) is 24.3 Å². The normalized spacial score (nSPS) is 19.4. The maximum Gasteiger partial charge on any atom is 0.318 e. The van der Waals surface area contributed by atoms with Gasteiger partial charge in [-0.1, -0.05) is 24.3 Å². The van der Waals surface area contributed by atoms with E-state index in [2.05, 4.69) is 11.4 Å². The quantitative estimate of drug-likeness (QED) is 0.893. The van der Waals surface area contributed by atoms with Crippen LogP contribution < -0.4 is 5.32 Å². The average molecular weight is 294 g/mol. The van der Waals surface area contributed by atoms with Crippen LogP contribution >= 0.6 is 11.8 Å². The van der Waals surface area contributed by atoms with E-state index in [9.17, 15) is 9.90 Å². The van der Waals surface area contributed by atoms with E-state index < -0.39 is 0 Å². The maximum atomic E-state index is 12.4. The van der Waals surface area contributed by atoms with Crippen molar-refractivity contribution in [1.29, 1.82) is 0 Å². The Hall–Kier alpha value is -1.20. The third-order valence-electron chi connectivity index (χ3n) is 3.63. The maximum absolute atomic E-state index is 12.4. The second kappa shape index (κ2) is 6.99. The van der Waals surface area contributed by atoms with Gasteiger partial charge in [0, 0.05) is 18.3 Å². The summed E-state index contributed by atoms with van der Waals surface area (Å²) >= 11 is 1.71. The van der Waals surface area contributed by atoms with Crippen LogP contribution in [0.5, 0.6) is 0 Å². The summed E-state index contributed by atoms with van der Waals surface area (Å²) in [4.78, 5) is 14.1. The highest BCUT2D eigenvalue weighted by Crippen LogP contribution is 2.29. The van der Waals surface area contributed by atoms with Crippen LogP contribution in [0.25, 0.3) is 0 Å². The van der Waals surface area contributed by atoms with Crippen molar-refractivity contribution in [3.8, 4) is 0 Å². The fraction of sp³-hybridized carbons (Fsp3) is 0.533. The number of aliphatic hydroxyl groups excluding tert-OH is 1. The zero-order valence-electron chi connectivity index (χ0n) is 12.0. The summed E-state index contributed by atoms with van der Waals surface area (Å²) in [5, 5.41) is 12.7. The predicted octanol–water partition coefficient (Wildman–Crippen LogP) is 2.04. The summed E-state index contributed by atoms with van der Waals surface area (Å²) in [7, 11) is 0. The molecule has 0 saturated carbocycles. The minimum Gasteiger partial charge on any atom is -0.394 e. The molecule has 0 saturated heterocycles. The second-order valence-corrected chi connectivity index (χ2v) is 6.06. The monoisotopic (exact) mass is 294 g/mol. The third kappa shape index (κ3) is 3.27. The highest BCUT2D eigenvalue weighted by Gasteiger charge is 2.30. The molecule has 1 aliphatic heterocycles. The second-order valence-electron chi connectivity index (χ2n) is 5.15. The van der Waals surface area contributed by atoms with Crippen molar-refractivity contribution in [3.05, 3.63) is 35.4 Å². The molecule has 20 heavy (non-hydrogen) atoms. The summed E-state index contributed by atoms with van der Waals surface area (Å²) in [5.41, 5.74) is 2.29. The highest BCUT2D eigenvalue weighted by molar-refractivity contribution is 7.98. The topological polar surface area (TPSA) is 52.6 Å². The number of hydrogen-bond acceptors (Lipinski definition) is 3. The first-order chi connectivity index (χ1) is 9.67. The van der Waals surface area contributed by atoms with E-state index in [1.165, 1.54) is 5.56 Å². The molecular weight excluding hydrogens is 272 g/mol. The van der Waals surface area contributed by atoms with Crippen molar-refractivity contribution in [1.82, 2.24) is 10.2 Å². The van der Waals surface area contributed by atoms with Crippen molar-refractivity contribution in [2.45, 2.75) is 25.4 Å². The molecule has 2 N–H and O–H groups in total. The van der Waals surface area contributed by atoms with Crippen molar-refractivity contribution in [2.75, 3.05) is 25.2 Å². The number of carbonyl (C=O) groups is 1. The molecule has 0 bridgehead atoms. The lowest BCUT2D eigenvalue weighted by molar-refractivity contribution is 0.125. The van der Waals surface area contributed by atoms with Crippen LogP contribution in [0.4, 0.5) is 4.79 Å². The molecule has 2 atom stereocenters. The molecule has 2 amide bonds. The zero-order valence-corrected chi connectivity index (χ0v) is 12.8. The van der Waals surface area contributed by atoms with E-state index in [0.717, 1.165) is 17.7 Å². The molecule has 0 aliphatic carbocycles. The Morgan fingerprint density at radius 2 is 2.30 bits per heavy atom. The molecular formula is C15H22N2O2S. The van der Waals surface area contributed by atoms with Crippen LogP contribution in [-0.2, 0) is 6.42 Å². The summed E-state index contributed by atoms with van der Waals surface area (Å²) in [6.07, 6.45) is 2.87. The predicted molar refractivity (Wildman–Crippen MR) is 83.1 cm³/mol. The van der Waals surface area contributed by atoms with Gasteiger partial charge in [0.1, 0.15) is 0 Å². The van der Waals surface area contributed by atoms with E-state index in [1.54, 1.807) is 16.7 Å². The molecule has 0 aromatic heterocycles. The number of nitrogens with one attached hydrogen (secondary N) is 1. The van der Waals surface area contributed by atoms with Crippen LogP contribution in [-0.4, -0.2) is 47.2 Å². The number of hydrogen-bond donors (Lipinski definition) is 2. The lowest BCUT2D eigenvalue weighted by atomic mass is 9.93. The van der Waals surface area contributed by atoms with Gasteiger partial charge in [0.25, 0.3) is 0 Å². The average Bonchev–Trinajstić information content (AvgIpc) is 2.46. The Bertz CT molecular complexity index is 467. The number of amides is 2. The van der Waals surface area contributed by atoms with Gasteiger partial charge in [-0.3, -0.25) is 0 Å². The van der Waals surface area contributed by atoms with Gasteiger partial charge in [0.2, 0.25) is 0 Å². The molecule has 0 unspecified atom stereocenters. The Labute approximate surface area is 124 Å². The van der Waals surface area contributed by atoms with E-state index in [1.807, 2.05) is 31.4 Å². The smallest absolute Gasteiger partial charge is 0.318 e. The minimum absolute atomic E-state index is 0.0403. The summed E-state index contributed by atoms with van der Waals surface area (Å²) < 4.78 is 0. The Morgan fingerprint density at radius 3 is 3.00 bits per heavy atom. The molecule has 2 rings (SSSR count). The van der Waals surface area contributed by atoms with Crippen LogP contribution in [0.3, 0.4) is 0 Å². The third-order valence-corrected chi connectivity index (χ3v) is 4.47. The first-order valence-electron chi connectivity index (χ1n) is 6.92. The number of fused-ring (bicyclic) bond motifs is 1. The number of nitrogens with zero attached hydrogens (tertiary/aromatic N) is 1. The first kappa shape index (κ1) is 15.2. The summed E-state index contributed by atoms with van der Waals surface area (Å²) in [6, 6.07) is 7.85. The van der Waals surface area contributed by atoms with Gasteiger partial charge in [0.05, 0.1) is 12.6 Å². The molecule has 0 radical (unpaired) electrons. The molecule has 0 fully saturated rings. The number of benzene rings is 1. The molecule has 5 heteroatoms. The van der Waals surface area contributed by atoms with E-state index in [-0.39, 0.29) is 24.7 Å². The van der Waals surface area contributed by atoms with Crippen molar-refractivity contribution in [3.63, 3.8) is 0 Å². The molecule has 1 aromatic rings. The molecule has 1 heterocycles. The van der Waals surface area contributed by atoms with Crippen LogP contribution in [0, 0.1) is 0 Å². The van der Waals surface area contributed by atoms with Crippen LogP contribution in [0.1, 0.15) is 24.1 Å². The van der Waals surface area contributed by atoms with Crippen LogP contribution in [0.2, 0.25) is 0 Å². The van der Waals surface area contributed by atoms with Crippen molar-refractivity contribution < 1.29 is 9.90 Å². The number of urea groups is 1. The zero-order chi connectivity index (χ0) is 14.5. The first-order valence-corrected chi connectivity index (χ1v) is 8.31. The SMILES string of the molecule is CSC[C@@H](C)NC(=O)N1CCc2ccccc2[C@H]1CO.